The van der Waals surface area contributed by atoms with E-state index in [1.165, 1.54) is 0 Å². The van der Waals surface area contributed by atoms with Crippen LogP contribution >= 0.6 is 0 Å². The number of ether oxygens (including phenoxy) is 3. The molecule has 2 aromatic carbocycles. The predicted molar refractivity (Wildman–Crippen MR) is 135 cm³/mol. The van der Waals surface area contributed by atoms with Crippen molar-refractivity contribution < 1.29 is 23.8 Å². The highest BCUT2D eigenvalue weighted by molar-refractivity contribution is 5.97. The van der Waals surface area contributed by atoms with Gasteiger partial charge in [0.25, 0.3) is 0 Å². The Morgan fingerprint density at radius 1 is 1.14 bits per heavy atom. The molecule has 1 aliphatic heterocycles. The topological polar surface area (TPSA) is 102 Å². The van der Waals surface area contributed by atoms with Gasteiger partial charge in [-0.15, -0.1) is 0 Å². The van der Waals surface area contributed by atoms with Crippen LogP contribution < -0.4 is 15.4 Å². The summed E-state index contributed by atoms with van der Waals surface area (Å²) in [4.78, 5) is 28.9. The van der Waals surface area contributed by atoms with Crippen LogP contribution in [0.25, 0.3) is 10.9 Å². The van der Waals surface area contributed by atoms with Gasteiger partial charge in [-0.25, -0.2) is 4.79 Å². The number of carbonyl (C=O) groups is 2. The number of hydrogen-bond donors (Lipinski definition) is 3. The zero-order valence-electron chi connectivity index (χ0n) is 20.4. The molecule has 0 aliphatic carbocycles. The number of alkyl carbamates (subject to hydrolysis) is 1. The summed E-state index contributed by atoms with van der Waals surface area (Å²) in [5.74, 6) is 0.370. The van der Waals surface area contributed by atoms with Crippen molar-refractivity contribution in [3.63, 3.8) is 0 Å². The molecule has 1 aliphatic rings. The number of aromatic amines is 1. The predicted octanol–water partition coefficient (Wildman–Crippen LogP) is 4.80. The first-order chi connectivity index (χ1) is 16.8. The van der Waals surface area contributed by atoms with Gasteiger partial charge in [0.2, 0.25) is 5.91 Å². The number of para-hydroxylation sites is 1. The number of anilines is 1. The summed E-state index contributed by atoms with van der Waals surface area (Å²) in [6.45, 7) is 6.64. The monoisotopic (exact) mass is 479 g/mol. The van der Waals surface area contributed by atoms with Crippen LogP contribution in [0.2, 0.25) is 0 Å². The van der Waals surface area contributed by atoms with Crippen molar-refractivity contribution in [3.8, 4) is 5.75 Å². The lowest BCUT2D eigenvalue weighted by molar-refractivity contribution is -0.118. The lowest BCUT2D eigenvalue weighted by Gasteiger charge is -2.23. The van der Waals surface area contributed by atoms with Crippen LogP contribution in [0.5, 0.6) is 5.75 Å². The molecule has 2 heterocycles. The maximum atomic E-state index is 13.2. The summed E-state index contributed by atoms with van der Waals surface area (Å²) in [7, 11) is 0. The van der Waals surface area contributed by atoms with Crippen molar-refractivity contribution in [3.05, 3.63) is 60.3 Å². The van der Waals surface area contributed by atoms with Crippen LogP contribution in [0.15, 0.2) is 54.7 Å². The quantitative estimate of drug-likeness (QED) is 0.431. The fraction of sp³-hybridized carbons (Fsp3) is 0.407. The molecular formula is C27H33N3O5. The van der Waals surface area contributed by atoms with Gasteiger partial charge in [-0.05, 0) is 69.5 Å². The van der Waals surface area contributed by atoms with E-state index in [-0.39, 0.29) is 12.0 Å². The van der Waals surface area contributed by atoms with Crippen LogP contribution in [-0.2, 0) is 20.7 Å². The van der Waals surface area contributed by atoms with Gasteiger partial charge in [0.15, 0.2) is 0 Å². The molecule has 3 N–H and O–H groups in total. The summed E-state index contributed by atoms with van der Waals surface area (Å²) in [6, 6.07) is 14.2. The summed E-state index contributed by atoms with van der Waals surface area (Å²) in [5.41, 5.74) is 1.83. The Morgan fingerprint density at radius 3 is 2.63 bits per heavy atom. The third-order valence-corrected chi connectivity index (χ3v) is 5.69. The fourth-order valence-corrected chi connectivity index (χ4v) is 4.01. The van der Waals surface area contributed by atoms with E-state index in [0.717, 1.165) is 35.9 Å². The molecule has 0 bridgehead atoms. The molecule has 1 aromatic heterocycles. The first kappa shape index (κ1) is 24.6. The molecule has 4 rings (SSSR count). The molecule has 1 unspecified atom stereocenters. The molecule has 35 heavy (non-hydrogen) atoms. The maximum absolute atomic E-state index is 13.2. The molecule has 0 radical (unpaired) electrons. The third kappa shape index (κ3) is 6.99. The summed E-state index contributed by atoms with van der Waals surface area (Å²) in [6.07, 6.45) is 3.74. The fourth-order valence-electron chi connectivity index (χ4n) is 4.01. The second-order valence-electron chi connectivity index (χ2n) is 9.72. The third-order valence-electron chi connectivity index (χ3n) is 5.69. The van der Waals surface area contributed by atoms with Gasteiger partial charge >= 0.3 is 6.09 Å². The number of fused-ring (bicyclic) bond motifs is 1. The Kier molecular flexibility index (Phi) is 7.60. The molecule has 2 atom stereocenters. The van der Waals surface area contributed by atoms with Gasteiger partial charge in [-0.2, -0.15) is 0 Å². The number of hydrogen-bond acceptors (Lipinski definition) is 5. The van der Waals surface area contributed by atoms with Crippen molar-refractivity contribution in [2.75, 3.05) is 18.5 Å². The molecule has 8 heteroatoms. The normalized spacial score (nSPS) is 16.6. The minimum Gasteiger partial charge on any atom is -0.491 e. The zero-order chi connectivity index (χ0) is 24.8. The molecule has 186 valence electrons. The van der Waals surface area contributed by atoms with E-state index < -0.39 is 17.7 Å². The van der Waals surface area contributed by atoms with Crippen molar-refractivity contribution in [1.82, 2.24) is 10.3 Å². The van der Waals surface area contributed by atoms with Gasteiger partial charge < -0.3 is 29.8 Å². The molecule has 3 aromatic rings. The van der Waals surface area contributed by atoms with Crippen molar-refractivity contribution in [2.24, 2.45) is 0 Å². The van der Waals surface area contributed by atoms with Crippen LogP contribution in [0.3, 0.4) is 0 Å². The lowest BCUT2D eigenvalue weighted by atomic mass is 10.0. The Hall–Kier alpha value is -3.52. The van der Waals surface area contributed by atoms with Crippen molar-refractivity contribution in [2.45, 2.75) is 57.8 Å². The zero-order valence-corrected chi connectivity index (χ0v) is 20.4. The van der Waals surface area contributed by atoms with Gasteiger partial charge in [-0.1, -0.05) is 18.2 Å². The second-order valence-corrected chi connectivity index (χ2v) is 9.72. The van der Waals surface area contributed by atoms with E-state index in [2.05, 4.69) is 15.6 Å². The summed E-state index contributed by atoms with van der Waals surface area (Å²) < 4.78 is 16.8. The SMILES string of the molecule is CC(C)(C)OC(=O)N[C@H](Cc1c[nH]c2ccccc12)C(=O)Nc1ccc(OCC2CCCO2)cc1. The molecule has 1 fully saturated rings. The van der Waals surface area contributed by atoms with Gasteiger partial charge in [0.1, 0.15) is 24.0 Å². The average molecular weight is 480 g/mol. The van der Waals surface area contributed by atoms with E-state index >= 15 is 0 Å². The molecule has 0 spiro atoms. The summed E-state index contributed by atoms with van der Waals surface area (Å²) >= 11 is 0. The minimum atomic E-state index is -0.834. The highest BCUT2D eigenvalue weighted by Crippen LogP contribution is 2.21. The minimum absolute atomic E-state index is 0.138. The molecule has 1 saturated heterocycles. The van der Waals surface area contributed by atoms with Crippen LogP contribution in [0.1, 0.15) is 39.2 Å². The molecule has 8 nitrogen and oxygen atoms in total. The number of H-pyrrole nitrogens is 1. The van der Waals surface area contributed by atoms with Gasteiger partial charge in [-0.3, -0.25) is 4.79 Å². The molecule has 2 amide bonds. The van der Waals surface area contributed by atoms with E-state index in [9.17, 15) is 9.59 Å². The lowest BCUT2D eigenvalue weighted by Crippen LogP contribution is -2.47. The summed E-state index contributed by atoms with van der Waals surface area (Å²) in [5, 5.41) is 6.63. The number of nitrogens with one attached hydrogen (secondary N) is 3. The number of aromatic nitrogens is 1. The van der Waals surface area contributed by atoms with E-state index in [4.69, 9.17) is 14.2 Å². The van der Waals surface area contributed by atoms with Gasteiger partial charge in [0.05, 0.1) is 6.10 Å². The Bertz CT molecular complexity index is 1140. The standard InChI is InChI=1S/C27H33N3O5/c1-27(2,3)35-26(32)30-24(15-18-16-28-23-9-5-4-8-22(18)23)25(31)29-19-10-12-20(13-11-19)34-17-21-7-6-14-33-21/h4-5,8-13,16,21,24,28H,6-7,14-15,17H2,1-3H3,(H,29,31)(H,30,32)/t21?,24-/m1/s1. The molecular weight excluding hydrogens is 446 g/mol. The maximum Gasteiger partial charge on any atom is 0.408 e. The van der Waals surface area contributed by atoms with Crippen LogP contribution in [-0.4, -0.2) is 47.9 Å². The van der Waals surface area contributed by atoms with Crippen molar-refractivity contribution in [1.29, 1.82) is 0 Å². The van der Waals surface area contributed by atoms with Crippen LogP contribution in [0.4, 0.5) is 10.5 Å². The van der Waals surface area contributed by atoms with E-state index in [1.807, 2.05) is 30.5 Å². The van der Waals surface area contributed by atoms with Crippen molar-refractivity contribution >= 4 is 28.6 Å². The Morgan fingerprint density at radius 2 is 1.91 bits per heavy atom. The average Bonchev–Trinajstić information content (AvgIpc) is 3.47. The van der Waals surface area contributed by atoms with E-state index in [0.29, 0.717) is 24.5 Å². The highest BCUT2D eigenvalue weighted by atomic mass is 16.6. The number of rotatable bonds is 8. The second kappa shape index (κ2) is 10.8. The first-order valence-electron chi connectivity index (χ1n) is 12.0. The Labute approximate surface area is 205 Å². The van der Waals surface area contributed by atoms with Gasteiger partial charge in [0, 0.05) is 35.8 Å². The van der Waals surface area contributed by atoms with E-state index in [1.54, 1.807) is 45.0 Å². The first-order valence-corrected chi connectivity index (χ1v) is 12.0. The smallest absolute Gasteiger partial charge is 0.408 e. The number of amides is 2. The number of carbonyl (C=O) groups excluding carboxylic acids is 2. The van der Waals surface area contributed by atoms with Crippen LogP contribution in [0, 0.1) is 0 Å². The Balaban J connectivity index is 1.43. The highest BCUT2D eigenvalue weighted by Gasteiger charge is 2.26. The molecule has 0 saturated carbocycles. The number of benzene rings is 2. The largest absolute Gasteiger partial charge is 0.491 e.